The third-order valence-electron chi connectivity index (χ3n) is 2.64. The molecule has 0 fully saturated rings. The first kappa shape index (κ1) is 14.2. The van der Waals surface area contributed by atoms with Crippen molar-refractivity contribution >= 4 is 17.5 Å². The van der Waals surface area contributed by atoms with Gasteiger partial charge in [-0.3, -0.25) is 9.59 Å². The zero-order chi connectivity index (χ0) is 13.5. The lowest BCUT2D eigenvalue weighted by Crippen LogP contribution is -2.28. The van der Waals surface area contributed by atoms with E-state index in [0.29, 0.717) is 6.54 Å². The molecule has 1 aromatic carbocycles. The molecule has 2 amide bonds. The van der Waals surface area contributed by atoms with Crippen molar-refractivity contribution in [3.63, 3.8) is 0 Å². The molecule has 0 heterocycles. The molecule has 0 aliphatic carbocycles. The lowest BCUT2D eigenvalue weighted by Gasteiger charge is -2.11. The summed E-state index contributed by atoms with van der Waals surface area (Å²) in [4.78, 5) is 23.1. The molecule has 4 nitrogen and oxygen atoms in total. The lowest BCUT2D eigenvalue weighted by molar-refractivity contribution is -0.126. The first-order valence-electron chi connectivity index (χ1n) is 6.17. The molecule has 0 saturated carbocycles. The lowest BCUT2D eigenvalue weighted by atomic mass is 10.1. The summed E-state index contributed by atoms with van der Waals surface area (Å²) < 4.78 is 0. The Hall–Kier alpha value is -1.84. The Bertz CT molecular complexity index is 421. The van der Waals surface area contributed by atoms with Gasteiger partial charge in [0.05, 0.1) is 0 Å². The van der Waals surface area contributed by atoms with Crippen LogP contribution in [0.25, 0.3) is 0 Å². The third-order valence-corrected chi connectivity index (χ3v) is 2.64. The van der Waals surface area contributed by atoms with Crippen molar-refractivity contribution in [1.29, 1.82) is 0 Å². The van der Waals surface area contributed by atoms with E-state index < -0.39 is 0 Å². The summed E-state index contributed by atoms with van der Waals surface area (Å²) in [6.07, 6.45) is 0.734. The molecule has 2 N–H and O–H groups in total. The molecule has 98 valence electrons. The Morgan fingerprint density at radius 2 is 1.72 bits per heavy atom. The Labute approximate surface area is 108 Å². The number of aryl methyl sites for hydroxylation is 2. The minimum absolute atomic E-state index is 0.131. The fourth-order valence-electron chi connectivity index (χ4n) is 1.67. The molecule has 0 aromatic heterocycles. The first-order chi connectivity index (χ1) is 8.54. The number of anilines is 1. The van der Waals surface area contributed by atoms with E-state index >= 15 is 0 Å². The van der Waals surface area contributed by atoms with Crippen LogP contribution in [0.4, 0.5) is 5.69 Å². The van der Waals surface area contributed by atoms with Crippen LogP contribution in [0.1, 0.15) is 30.9 Å². The molecule has 0 aliphatic heterocycles. The van der Waals surface area contributed by atoms with Gasteiger partial charge < -0.3 is 10.6 Å². The van der Waals surface area contributed by atoms with E-state index in [2.05, 4.69) is 10.6 Å². The zero-order valence-electron chi connectivity index (χ0n) is 11.2. The van der Waals surface area contributed by atoms with Gasteiger partial charge in [0.2, 0.25) is 11.8 Å². The average molecular weight is 248 g/mol. The Balaban J connectivity index is 2.57. The second-order valence-corrected chi connectivity index (χ2v) is 4.34. The van der Waals surface area contributed by atoms with Gasteiger partial charge in [-0.1, -0.05) is 25.1 Å². The Morgan fingerprint density at radius 3 is 2.28 bits per heavy atom. The molecular weight excluding hydrogens is 228 g/mol. The van der Waals surface area contributed by atoms with Crippen molar-refractivity contribution in [2.24, 2.45) is 0 Å². The quantitative estimate of drug-likeness (QED) is 0.784. The number of amides is 2. The van der Waals surface area contributed by atoms with Gasteiger partial charge in [0.25, 0.3) is 0 Å². The topological polar surface area (TPSA) is 58.2 Å². The van der Waals surface area contributed by atoms with Crippen LogP contribution in [0.5, 0.6) is 0 Å². The van der Waals surface area contributed by atoms with Gasteiger partial charge in [-0.25, -0.2) is 0 Å². The number of benzene rings is 1. The highest BCUT2D eigenvalue weighted by atomic mass is 16.2. The van der Waals surface area contributed by atoms with Gasteiger partial charge in [-0.2, -0.15) is 0 Å². The maximum Gasteiger partial charge on any atom is 0.233 e. The van der Waals surface area contributed by atoms with Gasteiger partial charge in [-0.05, 0) is 31.4 Å². The molecule has 0 unspecified atom stereocenters. The summed E-state index contributed by atoms with van der Waals surface area (Å²) in [6.45, 7) is 6.44. The highest BCUT2D eigenvalue weighted by Gasteiger charge is 2.11. The summed E-state index contributed by atoms with van der Waals surface area (Å²) >= 11 is 0. The first-order valence-corrected chi connectivity index (χ1v) is 6.17. The van der Waals surface area contributed by atoms with Crippen LogP contribution in [0.15, 0.2) is 18.2 Å². The van der Waals surface area contributed by atoms with E-state index in [-0.39, 0.29) is 18.2 Å². The normalized spacial score (nSPS) is 9.94. The van der Waals surface area contributed by atoms with Crippen molar-refractivity contribution in [3.8, 4) is 0 Å². The minimum atomic E-state index is -0.277. The highest BCUT2D eigenvalue weighted by molar-refractivity contribution is 6.04. The monoisotopic (exact) mass is 248 g/mol. The number of carbonyl (C=O) groups excluding carboxylic acids is 2. The number of hydrogen-bond donors (Lipinski definition) is 2. The third kappa shape index (κ3) is 4.20. The average Bonchev–Trinajstić information content (AvgIpc) is 2.31. The van der Waals surface area contributed by atoms with E-state index in [1.165, 1.54) is 0 Å². The number of rotatable bonds is 5. The fraction of sp³-hybridized carbons (Fsp3) is 0.429. The number of hydrogen-bond acceptors (Lipinski definition) is 2. The molecule has 0 radical (unpaired) electrons. The number of carbonyl (C=O) groups is 2. The second kappa shape index (κ2) is 6.79. The maximum atomic E-state index is 11.7. The highest BCUT2D eigenvalue weighted by Crippen LogP contribution is 2.19. The van der Waals surface area contributed by atoms with Crippen LogP contribution in [0.2, 0.25) is 0 Å². The van der Waals surface area contributed by atoms with Gasteiger partial charge >= 0.3 is 0 Å². The molecule has 0 atom stereocenters. The number of nitrogens with one attached hydrogen (secondary N) is 2. The van der Waals surface area contributed by atoms with Crippen molar-refractivity contribution in [3.05, 3.63) is 29.3 Å². The Morgan fingerprint density at radius 1 is 1.11 bits per heavy atom. The molecule has 0 saturated heterocycles. The van der Waals surface area contributed by atoms with Crippen LogP contribution in [-0.2, 0) is 9.59 Å². The molecule has 0 bridgehead atoms. The predicted octanol–water partition coefficient (Wildman–Crippen LogP) is 2.16. The van der Waals surface area contributed by atoms with E-state index in [9.17, 15) is 9.59 Å². The Kier molecular flexibility index (Phi) is 5.36. The largest absolute Gasteiger partial charge is 0.356 e. The van der Waals surface area contributed by atoms with Crippen molar-refractivity contribution in [2.45, 2.75) is 33.6 Å². The standard InChI is InChI=1S/C14H20N2O2/c1-4-8-15-12(17)9-13(18)16-14-10(2)6-5-7-11(14)3/h5-7H,4,8-9H2,1-3H3,(H,15,17)(H,16,18). The predicted molar refractivity (Wildman–Crippen MR) is 72.5 cm³/mol. The van der Waals surface area contributed by atoms with E-state index in [1.807, 2.05) is 39.0 Å². The molecule has 4 heteroatoms. The van der Waals surface area contributed by atoms with Crippen LogP contribution < -0.4 is 10.6 Å². The minimum Gasteiger partial charge on any atom is -0.356 e. The molecule has 1 rings (SSSR count). The van der Waals surface area contributed by atoms with E-state index in [0.717, 1.165) is 23.2 Å². The maximum absolute atomic E-state index is 11.7. The van der Waals surface area contributed by atoms with Crippen molar-refractivity contribution in [2.75, 3.05) is 11.9 Å². The molecule has 18 heavy (non-hydrogen) atoms. The summed E-state index contributed by atoms with van der Waals surface area (Å²) in [7, 11) is 0. The van der Waals surface area contributed by atoms with Crippen LogP contribution in [0, 0.1) is 13.8 Å². The SMILES string of the molecule is CCCNC(=O)CC(=O)Nc1c(C)cccc1C. The molecule has 1 aromatic rings. The second-order valence-electron chi connectivity index (χ2n) is 4.34. The van der Waals surface area contributed by atoms with Gasteiger partial charge in [0.15, 0.2) is 0 Å². The van der Waals surface area contributed by atoms with E-state index in [1.54, 1.807) is 0 Å². The summed E-state index contributed by atoms with van der Waals surface area (Å²) in [5.41, 5.74) is 2.79. The summed E-state index contributed by atoms with van der Waals surface area (Å²) in [5.74, 6) is -0.512. The summed E-state index contributed by atoms with van der Waals surface area (Å²) in [6, 6.07) is 5.80. The number of para-hydroxylation sites is 1. The van der Waals surface area contributed by atoms with Gasteiger partial charge in [0.1, 0.15) is 6.42 Å². The fourth-order valence-corrected chi connectivity index (χ4v) is 1.67. The molecule has 0 aliphatic rings. The van der Waals surface area contributed by atoms with E-state index in [4.69, 9.17) is 0 Å². The van der Waals surface area contributed by atoms with Gasteiger partial charge in [-0.15, -0.1) is 0 Å². The van der Waals surface area contributed by atoms with Crippen LogP contribution in [0.3, 0.4) is 0 Å². The van der Waals surface area contributed by atoms with Gasteiger partial charge in [0, 0.05) is 12.2 Å². The zero-order valence-corrected chi connectivity index (χ0v) is 11.2. The molecular formula is C14H20N2O2. The van der Waals surface area contributed by atoms with Crippen molar-refractivity contribution in [1.82, 2.24) is 5.32 Å². The van der Waals surface area contributed by atoms with Crippen molar-refractivity contribution < 1.29 is 9.59 Å². The van der Waals surface area contributed by atoms with Crippen LogP contribution >= 0.6 is 0 Å². The molecule has 0 spiro atoms. The smallest absolute Gasteiger partial charge is 0.233 e. The summed E-state index contributed by atoms with van der Waals surface area (Å²) in [5, 5.41) is 5.46. The van der Waals surface area contributed by atoms with Crippen LogP contribution in [-0.4, -0.2) is 18.4 Å².